The van der Waals surface area contributed by atoms with Crippen LogP contribution in [0, 0.1) is 0 Å². The van der Waals surface area contributed by atoms with Crippen LogP contribution in [-0.4, -0.2) is 41.7 Å². The Morgan fingerprint density at radius 2 is 1.96 bits per heavy atom. The molecule has 0 bridgehead atoms. The van der Waals surface area contributed by atoms with E-state index in [0.29, 0.717) is 11.6 Å². The molecule has 1 aromatic heterocycles. The summed E-state index contributed by atoms with van der Waals surface area (Å²) in [6.07, 6.45) is 5.64. The third kappa shape index (κ3) is 7.02. The molecule has 0 spiro atoms. The van der Waals surface area contributed by atoms with Gasteiger partial charge in [-0.3, -0.25) is 14.8 Å². The number of hydrogen-bond donors (Lipinski definition) is 3. The summed E-state index contributed by atoms with van der Waals surface area (Å²) in [6, 6.07) is 14.0. The molecule has 1 saturated carbocycles. The number of halogens is 1. The first-order chi connectivity index (χ1) is 12.7. The lowest BCUT2D eigenvalue weighted by Crippen LogP contribution is -2.44. The molecule has 6 nitrogen and oxygen atoms in total. The SMILES string of the molecule is CN=C(NCC(=O)Nc1cccnc1)NCC1(Sc2ccccc2)CC1.I. The maximum Gasteiger partial charge on any atom is 0.243 e. The van der Waals surface area contributed by atoms with Crippen molar-refractivity contribution in [2.24, 2.45) is 4.99 Å². The van der Waals surface area contributed by atoms with E-state index < -0.39 is 0 Å². The Morgan fingerprint density at radius 3 is 2.59 bits per heavy atom. The van der Waals surface area contributed by atoms with Crippen molar-refractivity contribution in [3.8, 4) is 0 Å². The van der Waals surface area contributed by atoms with Crippen LogP contribution in [0.3, 0.4) is 0 Å². The van der Waals surface area contributed by atoms with Crippen molar-refractivity contribution in [1.29, 1.82) is 0 Å². The van der Waals surface area contributed by atoms with Gasteiger partial charge in [0.05, 0.1) is 18.4 Å². The predicted octanol–water partition coefficient (Wildman–Crippen LogP) is 3.13. The van der Waals surface area contributed by atoms with Crippen molar-refractivity contribution in [3.05, 3.63) is 54.9 Å². The summed E-state index contributed by atoms with van der Waals surface area (Å²) in [5.41, 5.74) is 0.679. The molecule has 1 fully saturated rings. The van der Waals surface area contributed by atoms with E-state index in [-0.39, 0.29) is 41.2 Å². The molecule has 0 unspecified atom stereocenters. The van der Waals surface area contributed by atoms with Crippen LogP contribution in [0.1, 0.15) is 12.8 Å². The van der Waals surface area contributed by atoms with Gasteiger partial charge >= 0.3 is 0 Å². The average molecular weight is 497 g/mol. The minimum Gasteiger partial charge on any atom is -0.355 e. The Balaban J connectivity index is 0.00000261. The summed E-state index contributed by atoms with van der Waals surface area (Å²) in [5.74, 6) is 0.493. The Morgan fingerprint density at radius 1 is 1.19 bits per heavy atom. The summed E-state index contributed by atoms with van der Waals surface area (Å²) >= 11 is 1.90. The molecule has 1 heterocycles. The first-order valence-electron chi connectivity index (χ1n) is 8.58. The molecule has 3 N–H and O–H groups in total. The van der Waals surface area contributed by atoms with E-state index in [4.69, 9.17) is 0 Å². The number of carbonyl (C=O) groups is 1. The number of rotatable bonds is 7. The third-order valence-electron chi connectivity index (χ3n) is 4.05. The normalized spacial score (nSPS) is 14.6. The highest BCUT2D eigenvalue weighted by molar-refractivity contribution is 14.0. The van der Waals surface area contributed by atoms with E-state index in [0.717, 1.165) is 6.54 Å². The molecule has 0 radical (unpaired) electrons. The minimum atomic E-state index is -0.138. The highest BCUT2D eigenvalue weighted by atomic mass is 127. The molecule has 8 heteroatoms. The summed E-state index contributed by atoms with van der Waals surface area (Å²) in [6.45, 7) is 0.962. The van der Waals surface area contributed by atoms with Crippen LogP contribution < -0.4 is 16.0 Å². The first-order valence-corrected chi connectivity index (χ1v) is 9.39. The number of benzene rings is 1. The molecule has 2 aromatic rings. The van der Waals surface area contributed by atoms with Crippen LogP contribution in [0.4, 0.5) is 5.69 Å². The van der Waals surface area contributed by atoms with Gasteiger partial charge in [-0.15, -0.1) is 35.7 Å². The molecular formula is C19H24IN5OS. The van der Waals surface area contributed by atoms with Crippen LogP contribution in [0.2, 0.25) is 0 Å². The molecule has 144 valence electrons. The van der Waals surface area contributed by atoms with E-state index in [2.05, 4.69) is 50.2 Å². The number of pyridine rings is 1. The number of nitrogens with zero attached hydrogens (tertiary/aromatic N) is 2. The molecule has 0 aliphatic heterocycles. The number of thioether (sulfide) groups is 1. The van der Waals surface area contributed by atoms with Gasteiger partial charge in [0, 0.05) is 29.4 Å². The van der Waals surface area contributed by atoms with Gasteiger partial charge in [0.15, 0.2) is 5.96 Å². The highest BCUT2D eigenvalue weighted by Crippen LogP contribution is 2.51. The minimum absolute atomic E-state index is 0. The zero-order chi connectivity index (χ0) is 18.2. The Bertz CT molecular complexity index is 753. The Hall–Kier alpha value is -1.81. The van der Waals surface area contributed by atoms with E-state index in [1.54, 1.807) is 31.6 Å². The average Bonchev–Trinajstić information content (AvgIpc) is 3.43. The van der Waals surface area contributed by atoms with Crippen molar-refractivity contribution in [2.75, 3.05) is 25.5 Å². The molecule has 27 heavy (non-hydrogen) atoms. The largest absolute Gasteiger partial charge is 0.355 e. The molecule has 1 aliphatic rings. The number of aliphatic imine (C=N–C) groups is 1. The highest BCUT2D eigenvalue weighted by Gasteiger charge is 2.43. The Kier molecular flexibility index (Phi) is 8.36. The van der Waals surface area contributed by atoms with Crippen molar-refractivity contribution >= 4 is 53.3 Å². The van der Waals surface area contributed by atoms with E-state index in [1.165, 1.54) is 17.7 Å². The molecular weight excluding hydrogens is 473 g/mol. The molecule has 1 aliphatic carbocycles. The van der Waals surface area contributed by atoms with Gasteiger partial charge < -0.3 is 16.0 Å². The fourth-order valence-electron chi connectivity index (χ4n) is 2.46. The topological polar surface area (TPSA) is 78.4 Å². The number of nitrogens with one attached hydrogen (secondary N) is 3. The molecule has 0 saturated heterocycles. The predicted molar refractivity (Wildman–Crippen MR) is 122 cm³/mol. The zero-order valence-electron chi connectivity index (χ0n) is 15.1. The molecule has 1 aromatic carbocycles. The summed E-state index contributed by atoms with van der Waals surface area (Å²) < 4.78 is 0.219. The zero-order valence-corrected chi connectivity index (χ0v) is 18.3. The lowest BCUT2D eigenvalue weighted by molar-refractivity contribution is -0.115. The summed E-state index contributed by atoms with van der Waals surface area (Å²) in [7, 11) is 1.71. The van der Waals surface area contributed by atoms with Crippen molar-refractivity contribution < 1.29 is 4.79 Å². The van der Waals surface area contributed by atoms with E-state index in [9.17, 15) is 4.79 Å². The van der Waals surface area contributed by atoms with Crippen molar-refractivity contribution in [1.82, 2.24) is 15.6 Å². The molecule has 1 amide bonds. The lowest BCUT2D eigenvalue weighted by atomic mass is 10.4. The smallest absolute Gasteiger partial charge is 0.243 e. The van der Waals surface area contributed by atoms with Crippen molar-refractivity contribution in [3.63, 3.8) is 0 Å². The monoisotopic (exact) mass is 497 g/mol. The second-order valence-corrected chi connectivity index (χ2v) is 7.71. The second-order valence-electron chi connectivity index (χ2n) is 6.17. The lowest BCUT2D eigenvalue weighted by Gasteiger charge is -2.18. The van der Waals surface area contributed by atoms with Gasteiger partial charge in [-0.05, 0) is 37.1 Å². The number of amides is 1. The van der Waals surface area contributed by atoms with Gasteiger partial charge in [0.25, 0.3) is 0 Å². The quantitative estimate of drug-likeness (QED) is 0.311. The maximum atomic E-state index is 12.0. The number of guanidine groups is 1. The van der Waals surface area contributed by atoms with Crippen LogP contribution in [0.5, 0.6) is 0 Å². The van der Waals surface area contributed by atoms with Gasteiger partial charge in [-0.2, -0.15) is 0 Å². The Labute approximate surface area is 181 Å². The molecule has 3 rings (SSSR count). The van der Waals surface area contributed by atoms with E-state index >= 15 is 0 Å². The second kappa shape index (κ2) is 10.5. The van der Waals surface area contributed by atoms with Gasteiger partial charge in [-0.25, -0.2) is 0 Å². The van der Waals surface area contributed by atoms with Crippen LogP contribution in [0.25, 0.3) is 0 Å². The van der Waals surface area contributed by atoms with Gasteiger partial charge in [-0.1, -0.05) is 18.2 Å². The number of hydrogen-bond acceptors (Lipinski definition) is 4. The van der Waals surface area contributed by atoms with Crippen LogP contribution >= 0.6 is 35.7 Å². The number of aromatic nitrogens is 1. The third-order valence-corrected chi connectivity index (χ3v) is 5.54. The summed E-state index contributed by atoms with van der Waals surface area (Å²) in [4.78, 5) is 21.5. The van der Waals surface area contributed by atoms with Gasteiger partial charge in [0.2, 0.25) is 5.91 Å². The standard InChI is InChI=1S/C19H23N5OS.HI/c1-20-18(22-13-17(25)24-15-6-5-11-21-12-15)23-14-19(9-10-19)26-16-7-3-2-4-8-16;/h2-8,11-12H,9-10,13-14H2,1H3,(H,24,25)(H2,20,22,23);1H. The molecule has 0 atom stereocenters. The van der Waals surface area contributed by atoms with Crippen LogP contribution in [0.15, 0.2) is 64.7 Å². The number of carbonyl (C=O) groups excluding carboxylic acids is 1. The van der Waals surface area contributed by atoms with Gasteiger partial charge in [0.1, 0.15) is 0 Å². The number of anilines is 1. The van der Waals surface area contributed by atoms with Crippen LogP contribution in [-0.2, 0) is 4.79 Å². The van der Waals surface area contributed by atoms with E-state index in [1.807, 2.05) is 17.8 Å². The van der Waals surface area contributed by atoms with Crippen molar-refractivity contribution in [2.45, 2.75) is 22.5 Å². The fourth-order valence-corrected chi connectivity index (χ4v) is 3.71. The fraction of sp³-hybridized carbons (Fsp3) is 0.316. The first kappa shape index (κ1) is 21.5. The maximum absolute atomic E-state index is 12.0. The summed E-state index contributed by atoms with van der Waals surface area (Å²) in [5, 5.41) is 9.18.